The van der Waals surface area contributed by atoms with Gasteiger partial charge in [0.2, 0.25) is 0 Å². The van der Waals surface area contributed by atoms with E-state index in [-0.39, 0.29) is 5.41 Å². The molecule has 0 amide bonds. The normalized spacial score (nSPS) is 15.6. The van der Waals surface area contributed by atoms with Crippen LogP contribution in [-0.4, -0.2) is 4.98 Å². The van der Waals surface area contributed by atoms with Gasteiger partial charge < -0.3 is 0 Å². The average molecular weight is 294 g/mol. The quantitative estimate of drug-likeness (QED) is 0.541. The van der Waals surface area contributed by atoms with Crippen LogP contribution in [0.25, 0.3) is 22.2 Å². The lowest BCUT2D eigenvalue weighted by Gasteiger charge is -2.34. The Morgan fingerprint density at radius 3 is 2.57 bits per heavy atom. The summed E-state index contributed by atoms with van der Waals surface area (Å²) in [5.41, 5.74) is 5.85. The maximum Gasteiger partial charge on any atom is 0.0759 e. The molecule has 2 heteroatoms. The molecule has 1 aliphatic carbocycles. The van der Waals surface area contributed by atoms with E-state index >= 15 is 0 Å². The summed E-state index contributed by atoms with van der Waals surface area (Å²) in [6, 6.07) is 16.7. The van der Waals surface area contributed by atoms with Gasteiger partial charge in [0.15, 0.2) is 0 Å². The maximum absolute atomic E-state index is 6.71. The fourth-order valence-electron chi connectivity index (χ4n) is 3.41. The lowest BCUT2D eigenvalue weighted by molar-refractivity contribution is 0.516. The number of fused-ring (bicyclic) bond motifs is 4. The number of hydrogen-bond acceptors (Lipinski definition) is 1. The van der Waals surface area contributed by atoms with E-state index in [1.807, 2.05) is 18.2 Å². The van der Waals surface area contributed by atoms with Gasteiger partial charge in [-0.1, -0.05) is 67.9 Å². The molecule has 0 unspecified atom stereocenters. The Morgan fingerprint density at radius 1 is 1.00 bits per heavy atom. The fraction of sp³-hybridized carbons (Fsp3) is 0.211. The van der Waals surface area contributed by atoms with Gasteiger partial charge in [0.25, 0.3) is 0 Å². The van der Waals surface area contributed by atoms with E-state index in [0.717, 1.165) is 28.0 Å². The minimum atomic E-state index is 0.0807. The van der Waals surface area contributed by atoms with Crippen molar-refractivity contribution in [1.29, 1.82) is 0 Å². The highest BCUT2D eigenvalue weighted by atomic mass is 35.5. The summed E-state index contributed by atoms with van der Waals surface area (Å²) in [5, 5.41) is 1.91. The molecule has 1 aliphatic rings. The highest BCUT2D eigenvalue weighted by Crippen LogP contribution is 2.45. The number of nitrogens with zero attached hydrogens (tertiary/aromatic N) is 1. The van der Waals surface area contributed by atoms with Crippen molar-refractivity contribution in [1.82, 2.24) is 4.98 Å². The molecule has 0 radical (unpaired) electrons. The molecule has 0 saturated heterocycles. The molecule has 2 aromatic carbocycles. The first kappa shape index (κ1) is 12.8. The number of benzene rings is 2. The zero-order chi connectivity index (χ0) is 14.6. The minimum absolute atomic E-state index is 0.0807. The molecular weight excluding hydrogens is 278 g/mol. The van der Waals surface area contributed by atoms with Crippen LogP contribution in [0, 0.1) is 0 Å². The summed E-state index contributed by atoms with van der Waals surface area (Å²) in [6.07, 6.45) is 0.927. The third-order valence-corrected chi connectivity index (χ3v) is 4.89. The van der Waals surface area contributed by atoms with Crippen LogP contribution in [0.15, 0.2) is 48.5 Å². The first-order valence-corrected chi connectivity index (χ1v) is 7.63. The van der Waals surface area contributed by atoms with Gasteiger partial charge in [-0.15, -0.1) is 0 Å². The van der Waals surface area contributed by atoms with Crippen LogP contribution in [0.2, 0.25) is 5.02 Å². The van der Waals surface area contributed by atoms with E-state index in [4.69, 9.17) is 16.6 Å². The number of halogens is 1. The van der Waals surface area contributed by atoms with E-state index in [1.54, 1.807) is 0 Å². The Balaban J connectivity index is 2.13. The van der Waals surface area contributed by atoms with Crippen molar-refractivity contribution in [2.45, 2.75) is 25.7 Å². The molecule has 0 atom stereocenters. The molecular formula is C19H16ClN. The zero-order valence-electron chi connectivity index (χ0n) is 12.2. The first-order valence-electron chi connectivity index (χ1n) is 7.25. The van der Waals surface area contributed by atoms with Crippen molar-refractivity contribution >= 4 is 22.5 Å². The van der Waals surface area contributed by atoms with Crippen molar-refractivity contribution in [2.75, 3.05) is 0 Å². The predicted molar refractivity (Wildman–Crippen MR) is 88.9 cm³/mol. The van der Waals surface area contributed by atoms with Gasteiger partial charge in [0.1, 0.15) is 0 Å². The van der Waals surface area contributed by atoms with Crippen molar-refractivity contribution < 1.29 is 0 Å². The Hall–Kier alpha value is -1.86. The maximum atomic E-state index is 6.71. The largest absolute Gasteiger partial charge is 0.247 e. The van der Waals surface area contributed by atoms with Crippen LogP contribution in [-0.2, 0) is 11.8 Å². The van der Waals surface area contributed by atoms with E-state index in [1.165, 1.54) is 16.7 Å². The third kappa shape index (κ3) is 1.81. The second kappa shape index (κ2) is 4.32. The molecule has 1 nitrogen and oxygen atoms in total. The topological polar surface area (TPSA) is 12.9 Å². The second-order valence-corrected chi connectivity index (χ2v) is 6.75. The molecule has 21 heavy (non-hydrogen) atoms. The van der Waals surface area contributed by atoms with Gasteiger partial charge in [-0.25, -0.2) is 4.98 Å². The highest BCUT2D eigenvalue weighted by Gasteiger charge is 2.33. The van der Waals surface area contributed by atoms with Crippen molar-refractivity contribution in [3.8, 4) is 11.3 Å². The molecule has 1 heterocycles. The van der Waals surface area contributed by atoms with E-state index in [9.17, 15) is 0 Å². The molecule has 1 aromatic heterocycles. The van der Waals surface area contributed by atoms with Gasteiger partial charge in [-0.2, -0.15) is 0 Å². The van der Waals surface area contributed by atoms with Gasteiger partial charge in [-0.05, 0) is 29.0 Å². The summed E-state index contributed by atoms with van der Waals surface area (Å²) in [4.78, 5) is 4.90. The summed E-state index contributed by atoms with van der Waals surface area (Å²) in [5.74, 6) is 0. The fourth-order valence-corrected chi connectivity index (χ4v) is 3.73. The number of rotatable bonds is 0. The van der Waals surface area contributed by atoms with Gasteiger partial charge in [-0.3, -0.25) is 0 Å². The standard InChI is InChI=1S/C19H16ClN/c1-19(2)11-14-17(20)13-8-4-6-10-16(13)21-18(14)12-7-3-5-9-15(12)19/h3-10H,11H2,1-2H3. The van der Waals surface area contributed by atoms with Gasteiger partial charge in [0.05, 0.1) is 16.2 Å². The van der Waals surface area contributed by atoms with Crippen molar-refractivity contribution in [3.05, 3.63) is 64.7 Å². The zero-order valence-corrected chi connectivity index (χ0v) is 12.9. The molecule has 0 aliphatic heterocycles. The Bertz CT molecular complexity index is 865. The molecule has 3 aromatic rings. The molecule has 0 bridgehead atoms. The average Bonchev–Trinajstić information content (AvgIpc) is 2.49. The van der Waals surface area contributed by atoms with Crippen LogP contribution in [0.3, 0.4) is 0 Å². The molecule has 104 valence electrons. The molecule has 0 spiro atoms. The van der Waals surface area contributed by atoms with Crippen LogP contribution >= 0.6 is 11.6 Å². The van der Waals surface area contributed by atoms with Crippen LogP contribution < -0.4 is 0 Å². The predicted octanol–water partition coefficient (Wildman–Crippen LogP) is 5.39. The Labute approximate surface area is 129 Å². The SMILES string of the molecule is CC1(C)Cc2c(nc3ccccc3c2Cl)-c2ccccc21. The first-order chi connectivity index (χ1) is 10.1. The number of para-hydroxylation sites is 1. The summed E-state index contributed by atoms with van der Waals surface area (Å²) < 4.78 is 0. The van der Waals surface area contributed by atoms with E-state index in [0.29, 0.717) is 0 Å². The van der Waals surface area contributed by atoms with Gasteiger partial charge >= 0.3 is 0 Å². The van der Waals surface area contributed by atoms with Crippen molar-refractivity contribution in [2.24, 2.45) is 0 Å². The van der Waals surface area contributed by atoms with Gasteiger partial charge in [0, 0.05) is 10.9 Å². The monoisotopic (exact) mass is 293 g/mol. The summed E-state index contributed by atoms with van der Waals surface area (Å²) in [6.45, 7) is 4.56. The number of aromatic nitrogens is 1. The lowest BCUT2D eigenvalue weighted by atomic mass is 9.71. The summed E-state index contributed by atoms with van der Waals surface area (Å²) >= 11 is 6.71. The molecule has 4 rings (SSSR count). The van der Waals surface area contributed by atoms with E-state index < -0.39 is 0 Å². The molecule has 0 fully saturated rings. The number of pyridine rings is 1. The minimum Gasteiger partial charge on any atom is -0.247 e. The second-order valence-electron chi connectivity index (χ2n) is 6.38. The van der Waals surface area contributed by atoms with E-state index in [2.05, 4.69) is 44.2 Å². The smallest absolute Gasteiger partial charge is 0.0759 e. The number of hydrogen-bond donors (Lipinski definition) is 0. The summed E-state index contributed by atoms with van der Waals surface area (Å²) in [7, 11) is 0. The Kier molecular flexibility index (Phi) is 2.64. The molecule has 0 N–H and O–H groups in total. The van der Waals surface area contributed by atoms with Crippen molar-refractivity contribution in [3.63, 3.8) is 0 Å². The van der Waals surface area contributed by atoms with Crippen LogP contribution in [0.1, 0.15) is 25.0 Å². The van der Waals surface area contributed by atoms with Crippen LogP contribution in [0.5, 0.6) is 0 Å². The molecule has 0 saturated carbocycles. The van der Waals surface area contributed by atoms with Crippen LogP contribution in [0.4, 0.5) is 0 Å². The lowest BCUT2D eigenvalue weighted by Crippen LogP contribution is -2.26. The third-order valence-electron chi connectivity index (χ3n) is 4.45. The highest BCUT2D eigenvalue weighted by molar-refractivity contribution is 6.36. The Morgan fingerprint density at radius 2 is 1.71 bits per heavy atom.